The van der Waals surface area contributed by atoms with E-state index >= 15 is 0 Å². The first-order valence-corrected chi connectivity index (χ1v) is 9.42. The zero-order valence-corrected chi connectivity index (χ0v) is 15.7. The Labute approximate surface area is 159 Å². The molecule has 3 N–H and O–H groups in total. The van der Waals surface area contributed by atoms with Gasteiger partial charge in [-0.2, -0.15) is 0 Å². The molecule has 8 heteroatoms. The second kappa shape index (κ2) is 7.88. The highest BCUT2D eigenvalue weighted by molar-refractivity contribution is 7.14. The molecule has 1 aromatic carbocycles. The quantitative estimate of drug-likeness (QED) is 0.699. The molecule has 26 heavy (non-hydrogen) atoms. The summed E-state index contributed by atoms with van der Waals surface area (Å²) in [5.74, 6) is -1.34. The molecule has 0 aliphatic heterocycles. The lowest BCUT2D eigenvalue weighted by Crippen LogP contribution is -2.51. The Balaban J connectivity index is 1.51. The summed E-state index contributed by atoms with van der Waals surface area (Å²) in [4.78, 5) is 38.2. The topological polar surface area (TPSA) is 87.3 Å². The van der Waals surface area contributed by atoms with Crippen LogP contribution in [0, 0.1) is 0 Å². The van der Waals surface area contributed by atoms with Crippen molar-refractivity contribution < 1.29 is 14.4 Å². The summed E-state index contributed by atoms with van der Waals surface area (Å²) in [5.41, 5.74) is 6.22. The van der Waals surface area contributed by atoms with Crippen molar-refractivity contribution in [3.63, 3.8) is 0 Å². The average molecular weight is 392 g/mol. The number of carbonyl (C=O) groups is 3. The molecule has 1 atom stereocenters. The fraction of sp³-hybridized carbons (Fsp3) is 0.278. The predicted octanol–water partition coefficient (Wildman–Crippen LogP) is 2.47. The van der Waals surface area contributed by atoms with E-state index < -0.39 is 17.9 Å². The van der Waals surface area contributed by atoms with Crippen LogP contribution in [0.25, 0.3) is 0 Å². The number of thiophene rings is 1. The number of carbonyl (C=O) groups excluding carboxylic acids is 3. The van der Waals surface area contributed by atoms with Gasteiger partial charge in [-0.1, -0.05) is 23.7 Å². The molecule has 0 bridgehead atoms. The number of aryl methyl sites for hydroxylation is 2. The summed E-state index contributed by atoms with van der Waals surface area (Å²) < 4.78 is 0. The number of amides is 3. The standard InChI is InChI=1S/C18H18ClN3O3S/c1-10(20-17(24)12-6-2-3-7-13(12)19)16(23)21-22-18(25)15-9-11-5-4-8-14(11)26-15/h2-3,6-7,9-10H,4-5,8H2,1H3,(H,20,24)(H,21,23)(H,22,25)/t10-/m0/s1. The smallest absolute Gasteiger partial charge is 0.279 e. The molecule has 6 nitrogen and oxygen atoms in total. The van der Waals surface area contributed by atoms with E-state index in [1.165, 1.54) is 28.7 Å². The van der Waals surface area contributed by atoms with Crippen LogP contribution in [-0.2, 0) is 17.6 Å². The van der Waals surface area contributed by atoms with Crippen molar-refractivity contribution in [3.8, 4) is 0 Å². The van der Waals surface area contributed by atoms with Gasteiger partial charge < -0.3 is 5.32 Å². The molecule has 3 rings (SSSR count). The maximum atomic E-state index is 12.2. The minimum Gasteiger partial charge on any atom is -0.340 e. The predicted molar refractivity (Wildman–Crippen MR) is 100 cm³/mol. The molecule has 0 saturated carbocycles. The van der Waals surface area contributed by atoms with Crippen molar-refractivity contribution in [2.24, 2.45) is 0 Å². The number of halogens is 1. The third-order valence-corrected chi connectivity index (χ3v) is 5.69. The van der Waals surface area contributed by atoms with Crippen LogP contribution in [0.5, 0.6) is 0 Å². The molecule has 2 aromatic rings. The molecule has 1 aromatic heterocycles. The normalized spacial score (nSPS) is 13.6. The van der Waals surface area contributed by atoms with Crippen LogP contribution >= 0.6 is 22.9 Å². The van der Waals surface area contributed by atoms with E-state index in [1.807, 2.05) is 6.07 Å². The fourth-order valence-electron chi connectivity index (χ4n) is 2.71. The van der Waals surface area contributed by atoms with Crippen LogP contribution in [0.3, 0.4) is 0 Å². The van der Waals surface area contributed by atoms with Crippen molar-refractivity contribution in [2.45, 2.75) is 32.2 Å². The molecule has 0 radical (unpaired) electrons. The number of hydrazine groups is 1. The molecule has 0 unspecified atom stereocenters. The minimum atomic E-state index is -0.840. The molecular weight excluding hydrogens is 374 g/mol. The van der Waals surface area contributed by atoms with Gasteiger partial charge in [0.1, 0.15) is 6.04 Å². The summed E-state index contributed by atoms with van der Waals surface area (Å²) in [6, 6.07) is 7.60. The first kappa shape index (κ1) is 18.4. The molecule has 0 fully saturated rings. The maximum Gasteiger partial charge on any atom is 0.279 e. The van der Waals surface area contributed by atoms with Crippen molar-refractivity contribution in [2.75, 3.05) is 0 Å². The SMILES string of the molecule is C[C@H](NC(=O)c1ccccc1Cl)C(=O)NNC(=O)c1cc2c(s1)CCC2. The third-order valence-electron chi connectivity index (χ3n) is 4.13. The number of fused-ring (bicyclic) bond motifs is 1. The lowest BCUT2D eigenvalue weighted by atomic mass is 10.2. The van der Waals surface area contributed by atoms with Crippen molar-refractivity contribution >= 4 is 40.7 Å². The highest BCUT2D eigenvalue weighted by Gasteiger charge is 2.21. The number of hydrogen-bond acceptors (Lipinski definition) is 4. The Hall–Kier alpha value is -2.38. The minimum absolute atomic E-state index is 0.283. The molecule has 1 heterocycles. The Morgan fingerprint density at radius 2 is 1.88 bits per heavy atom. The third kappa shape index (κ3) is 4.05. The van der Waals surface area contributed by atoms with E-state index in [9.17, 15) is 14.4 Å². The highest BCUT2D eigenvalue weighted by Crippen LogP contribution is 2.30. The molecule has 0 saturated heterocycles. The van der Waals surface area contributed by atoms with Gasteiger partial charge in [-0.3, -0.25) is 25.2 Å². The summed E-state index contributed by atoms with van der Waals surface area (Å²) >= 11 is 7.42. The summed E-state index contributed by atoms with van der Waals surface area (Å²) in [6.07, 6.45) is 3.13. The molecule has 0 spiro atoms. The second-order valence-corrected chi connectivity index (χ2v) is 7.57. The Morgan fingerprint density at radius 1 is 1.12 bits per heavy atom. The maximum absolute atomic E-state index is 12.2. The first-order valence-electron chi connectivity index (χ1n) is 8.23. The van der Waals surface area contributed by atoms with Gasteiger partial charge in [-0.05, 0) is 49.9 Å². The number of hydrogen-bond donors (Lipinski definition) is 3. The molecular formula is C18H18ClN3O3S. The largest absolute Gasteiger partial charge is 0.340 e. The monoisotopic (exact) mass is 391 g/mol. The highest BCUT2D eigenvalue weighted by atomic mass is 35.5. The van der Waals surface area contributed by atoms with E-state index in [-0.39, 0.29) is 11.5 Å². The van der Waals surface area contributed by atoms with E-state index in [2.05, 4.69) is 16.2 Å². The van der Waals surface area contributed by atoms with E-state index in [0.717, 1.165) is 19.3 Å². The van der Waals surface area contributed by atoms with Gasteiger partial charge >= 0.3 is 0 Å². The van der Waals surface area contributed by atoms with Crippen molar-refractivity contribution in [3.05, 3.63) is 56.2 Å². The summed E-state index contributed by atoms with van der Waals surface area (Å²) in [6.45, 7) is 1.52. The lowest BCUT2D eigenvalue weighted by Gasteiger charge is -2.15. The molecule has 1 aliphatic rings. The van der Waals surface area contributed by atoms with Gasteiger partial charge in [0.15, 0.2) is 0 Å². The van der Waals surface area contributed by atoms with Crippen LogP contribution in [0.4, 0.5) is 0 Å². The molecule has 3 amide bonds. The number of rotatable bonds is 4. The van der Waals surface area contributed by atoms with Gasteiger partial charge in [0.05, 0.1) is 15.5 Å². The van der Waals surface area contributed by atoms with Gasteiger partial charge in [-0.25, -0.2) is 0 Å². The van der Waals surface area contributed by atoms with Crippen LogP contribution in [0.1, 0.15) is 43.8 Å². The average Bonchev–Trinajstić information content (AvgIpc) is 3.21. The van der Waals surface area contributed by atoms with Crippen LogP contribution in [0.15, 0.2) is 30.3 Å². The van der Waals surface area contributed by atoms with Crippen LogP contribution < -0.4 is 16.2 Å². The van der Waals surface area contributed by atoms with Crippen LogP contribution in [0.2, 0.25) is 5.02 Å². The fourth-order valence-corrected chi connectivity index (χ4v) is 4.08. The molecule has 1 aliphatic carbocycles. The van der Waals surface area contributed by atoms with E-state index in [4.69, 9.17) is 11.6 Å². The second-order valence-electron chi connectivity index (χ2n) is 6.03. The molecule has 136 valence electrons. The van der Waals surface area contributed by atoms with Crippen molar-refractivity contribution in [1.29, 1.82) is 0 Å². The van der Waals surface area contributed by atoms with E-state index in [0.29, 0.717) is 9.90 Å². The summed E-state index contributed by atoms with van der Waals surface area (Å²) in [7, 11) is 0. The zero-order valence-electron chi connectivity index (χ0n) is 14.1. The van der Waals surface area contributed by atoms with E-state index in [1.54, 1.807) is 24.3 Å². The summed E-state index contributed by atoms with van der Waals surface area (Å²) in [5, 5.41) is 2.85. The zero-order chi connectivity index (χ0) is 18.7. The van der Waals surface area contributed by atoms with Crippen molar-refractivity contribution in [1.82, 2.24) is 16.2 Å². The number of nitrogens with one attached hydrogen (secondary N) is 3. The van der Waals surface area contributed by atoms with Gasteiger partial charge in [0, 0.05) is 4.88 Å². The lowest BCUT2D eigenvalue weighted by molar-refractivity contribution is -0.123. The van der Waals surface area contributed by atoms with Crippen LogP contribution in [-0.4, -0.2) is 23.8 Å². The Bertz CT molecular complexity index is 844. The Morgan fingerprint density at radius 3 is 2.62 bits per heavy atom. The van der Waals surface area contributed by atoms with Gasteiger partial charge in [0.2, 0.25) is 0 Å². The van der Waals surface area contributed by atoms with Gasteiger partial charge in [0.25, 0.3) is 17.7 Å². The first-order chi connectivity index (χ1) is 12.5. The number of benzene rings is 1. The van der Waals surface area contributed by atoms with Gasteiger partial charge in [-0.15, -0.1) is 11.3 Å². The Kier molecular flexibility index (Phi) is 5.58.